The van der Waals surface area contributed by atoms with Gasteiger partial charge in [0.2, 0.25) is 0 Å². The van der Waals surface area contributed by atoms with Crippen LogP contribution in [0, 0.1) is 0 Å². The fourth-order valence-corrected chi connectivity index (χ4v) is 3.27. The Morgan fingerprint density at radius 1 is 1.19 bits per heavy atom. The average Bonchev–Trinajstić information content (AvgIpc) is 2.74. The fourth-order valence-electron chi connectivity index (χ4n) is 3.27. The van der Waals surface area contributed by atoms with Crippen LogP contribution in [0.4, 0.5) is 24.7 Å². The van der Waals surface area contributed by atoms with Crippen LogP contribution in [-0.2, 0) is 6.18 Å². The number of aromatic nitrogens is 1. The normalized spacial score (nSPS) is 16.1. The lowest BCUT2D eigenvalue weighted by Crippen LogP contribution is -2.34. The zero-order valence-electron chi connectivity index (χ0n) is 17.4. The summed E-state index contributed by atoms with van der Waals surface area (Å²) in [4.78, 5) is 7.88. The molecule has 172 valence electrons. The molecule has 0 unspecified atom stereocenters. The number of hydrogen-bond acceptors (Lipinski definition) is 7. The summed E-state index contributed by atoms with van der Waals surface area (Å²) in [6.45, 7) is 1.78. The molecule has 1 aliphatic heterocycles. The number of methoxy groups -OCH3 is 1. The number of alkyl halides is 3. The number of nitrogens with zero attached hydrogens (tertiary/aromatic N) is 2. The second-order valence-corrected chi connectivity index (χ2v) is 7.19. The molecule has 32 heavy (non-hydrogen) atoms. The van der Waals surface area contributed by atoms with Crippen molar-refractivity contribution in [3.63, 3.8) is 0 Å². The van der Waals surface area contributed by atoms with Gasteiger partial charge < -0.3 is 32.0 Å². The monoisotopic (exact) mass is 450 g/mol. The van der Waals surface area contributed by atoms with Crippen LogP contribution in [0.15, 0.2) is 41.5 Å². The number of rotatable bonds is 6. The molecule has 0 aliphatic carbocycles. The minimum Gasteiger partial charge on any atom is -0.493 e. The van der Waals surface area contributed by atoms with Gasteiger partial charge in [-0.3, -0.25) is 0 Å². The van der Waals surface area contributed by atoms with Gasteiger partial charge in [0.1, 0.15) is 17.8 Å². The number of nitrogens with two attached hydrogens (primary N) is 3. The Balaban J connectivity index is 1.83. The van der Waals surface area contributed by atoms with Crippen LogP contribution in [0.25, 0.3) is 5.70 Å². The molecule has 2 heterocycles. The van der Waals surface area contributed by atoms with Crippen molar-refractivity contribution in [1.29, 1.82) is 0 Å². The van der Waals surface area contributed by atoms with E-state index in [0.29, 0.717) is 17.2 Å². The van der Waals surface area contributed by atoms with E-state index in [0.717, 1.165) is 44.3 Å². The van der Waals surface area contributed by atoms with E-state index in [9.17, 15) is 13.2 Å². The standard InChI is InChI=1S/C21H25F3N6O2/c1-31-18-8-12(2-3-17(18)32-13-4-6-28-7-5-13)30-20(27)10-16(25)14-11-29-19(26)9-15(14)21(22,23)24/h2-3,8-11,13,28H,4-7,25H2,1H3,(H2,26,29)(H2,27,30). The van der Waals surface area contributed by atoms with E-state index < -0.39 is 11.7 Å². The molecule has 3 rings (SSSR count). The molecule has 0 radical (unpaired) electrons. The van der Waals surface area contributed by atoms with Gasteiger partial charge in [0.05, 0.1) is 18.4 Å². The summed E-state index contributed by atoms with van der Waals surface area (Å²) < 4.78 is 51.3. The van der Waals surface area contributed by atoms with Crippen LogP contribution in [0.1, 0.15) is 24.0 Å². The number of anilines is 1. The molecule has 11 heteroatoms. The lowest BCUT2D eigenvalue weighted by molar-refractivity contribution is -0.137. The molecule has 8 nitrogen and oxygen atoms in total. The number of hydrogen-bond donors (Lipinski definition) is 4. The number of halogens is 3. The van der Waals surface area contributed by atoms with Gasteiger partial charge in [-0.15, -0.1) is 0 Å². The number of benzene rings is 1. The molecule has 0 bridgehead atoms. The molecule has 0 amide bonds. The Hall–Kier alpha value is -3.47. The van der Waals surface area contributed by atoms with Crippen molar-refractivity contribution < 1.29 is 22.6 Å². The molecular formula is C21H25F3N6O2. The van der Waals surface area contributed by atoms with Crippen LogP contribution in [0.5, 0.6) is 11.5 Å². The first-order valence-electron chi connectivity index (χ1n) is 9.87. The first-order valence-corrected chi connectivity index (χ1v) is 9.87. The van der Waals surface area contributed by atoms with Crippen LogP contribution in [0.2, 0.25) is 0 Å². The van der Waals surface area contributed by atoms with E-state index in [1.54, 1.807) is 18.2 Å². The third-order valence-corrected chi connectivity index (χ3v) is 4.83. The molecule has 1 aromatic carbocycles. The zero-order chi connectivity index (χ0) is 23.3. The summed E-state index contributed by atoms with van der Waals surface area (Å²) >= 11 is 0. The Morgan fingerprint density at radius 3 is 2.56 bits per heavy atom. The first-order chi connectivity index (χ1) is 15.2. The van der Waals surface area contributed by atoms with Crippen molar-refractivity contribution in [3.05, 3.63) is 47.7 Å². The molecule has 1 aliphatic rings. The van der Waals surface area contributed by atoms with Gasteiger partial charge in [-0.05, 0) is 44.1 Å². The largest absolute Gasteiger partial charge is 0.493 e. The summed E-state index contributed by atoms with van der Waals surface area (Å²) in [6.07, 6.45) is -0.709. The summed E-state index contributed by atoms with van der Waals surface area (Å²) in [5, 5.41) is 3.27. The van der Waals surface area contributed by atoms with Crippen LogP contribution >= 0.6 is 0 Å². The number of piperidine rings is 1. The predicted octanol–water partition coefficient (Wildman–Crippen LogP) is 2.81. The Morgan fingerprint density at radius 2 is 1.91 bits per heavy atom. The summed E-state index contributed by atoms with van der Waals surface area (Å²) in [5.41, 5.74) is 16.0. The molecule has 1 fully saturated rings. The minimum atomic E-state index is -4.66. The second-order valence-electron chi connectivity index (χ2n) is 7.19. The number of nitrogens with one attached hydrogen (secondary N) is 1. The van der Waals surface area contributed by atoms with Crippen molar-refractivity contribution in [2.45, 2.75) is 25.1 Å². The quantitative estimate of drug-likeness (QED) is 0.393. The van der Waals surface area contributed by atoms with Crippen molar-refractivity contribution in [3.8, 4) is 11.5 Å². The van der Waals surface area contributed by atoms with Crippen molar-refractivity contribution in [1.82, 2.24) is 10.3 Å². The molecule has 7 N–H and O–H groups in total. The highest BCUT2D eigenvalue weighted by Crippen LogP contribution is 2.35. The maximum Gasteiger partial charge on any atom is 0.417 e. The number of ether oxygens (including phenoxy) is 2. The van der Waals surface area contributed by atoms with E-state index in [1.165, 1.54) is 7.11 Å². The molecule has 0 spiro atoms. The van der Waals surface area contributed by atoms with Gasteiger partial charge in [0.15, 0.2) is 11.5 Å². The van der Waals surface area contributed by atoms with Gasteiger partial charge >= 0.3 is 6.18 Å². The number of amidine groups is 1. The third kappa shape index (κ3) is 5.82. The number of aliphatic imine (C=N–C) groups is 1. The Labute approximate surface area is 183 Å². The average molecular weight is 450 g/mol. The fraction of sp³-hybridized carbons (Fsp3) is 0.333. The van der Waals surface area contributed by atoms with Crippen molar-refractivity contribution in [2.24, 2.45) is 16.5 Å². The second kappa shape index (κ2) is 9.77. The van der Waals surface area contributed by atoms with Crippen LogP contribution < -0.4 is 32.0 Å². The minimum absolute atomic E-state index is 0.0867. The van der Waals surface area contributed by atoms with E-state index in [4.69, 9.17) is 26.7 Å². The highest BCUT2D eigenvalue weighted by Gasteiger charge is 2.34. The lowest BCUT2D eigenvalue weighted by Gasteiger charge is -2.24. The van der Waals surface area contributed by atoms with E-state index in [-0.39, 0.29) is 29.0 Å². The maximum absolute atomic E-state index is 13.3. The predicted molar refractivity (Wildman–Crippen MR) is 117 cm³/mol. The Kier molecular flexibility index (Phi) is 7.08. The summed E-state index contributed by atoms with van der Waals surface area (Å²) in [6, 6.07) is 5.72. The van der Waals surface area contributed by atoms with Crippen LogP contribution in [-0.4, -0.2) is 37.1 Å². The van der Waals surface area contributed by atoms with Crippen molar-refractivity contribution >= 4 is 23.0 Å². The maximum atomic E-state index is 13.3. The SMILES string of the molecule is COc1cc(N=C(N)C=C(N)c2cnc(N)cc2C(F)(F)F)ccc1OC1CCNCC1. The molecular weight excluding hydrogens is 425 g/mol. The first kappa shape index (κ1) is 23.2. The van der Waals surface area contributed by atoms with Gasteiger partial charge in [0.25, 0.3) is 0 Å². The molecule has 1 aromatic heterocycles. The third-order valence-electron chi connectivity index (χ3n) is 4.83. The summed E-state index contributed by atoms with van der Waals surface area (Å²) in [7, 11) is 1.51. The van der Waals surface area contributed by atoms with Gasteiger partial charge in [-0.2, -0.15) is 13.2 Å². The molecule has 2 aromatic rings. The van der Waals surface area contributed by atoms with E-state index >= 15 is 0 Å². The molecule has 0 atom stereocenters. The van der Waals surface area contributed by atoms with Gasteiger partial charge in [-0.1, -0.05) is 0 Å². The summed E-state index contributed by atoms with van der Waals surface area (Å²) in [5.74, 6) is 0.683. The molecule has 0 saturated carbocycles. The van der Waals surface area contributed by atoms with Gasteiger partial charge in [-0.25, -0.2) is 9.98 Å². The Bertz CT molecular complexity index is 1020. The van der Waals surface area contributed by atoms with Gasteiger partial charge in [0, 0.05) is 29.6 Å². The zero-order valence-corrected chi connectivity index (χ0v) is 17.4. The highest BCUT2D eigenvalue weighted by molar-refractivity contribution is 5.99. The molecule has 1 saturated heterocycles. The highest BCUT2D eigenvalue weighted by atomic mass is 19.4. The lowest BCUT2D eigenvalue weighted by atomic mass is 10.1. The number of pyridine rings is 1. The van der Waals surface area contributed by atoms with Crippen molar-refractivity contribution in [2.75, 3.05) is 25.9 Å². The van der Waals surface area contributed by atoms with E-state index in [2.05, 4.69) is 15.3 Å². The van der Waals surface area contributed by atoms with Crippen LogP contribution in [0.3, 0.4) is 0 Å². The van der Waals surface area contributed by atoms with E-state index in [1.807, 2.05) is 0 Å². The topological polar surface area (TPSA) is 134 Å². The number of nitrogen functional groups attached to an aromatic ring is 1. The smallest absolute Gasteiger partial charge is 0.417 e.